The molecule has 3 nitrogen and oxygen atoms in total. The third-order valence-electron chi connectivity index (χ3n) is 3.53. The normalized spacial score (nSPS) is 32.2. The highest BCUT2D eigenvalue weighted by molar-refractivity contribution is 5.65. The smallest absolute Gasteiger partial charge is 0.407 e. The predicted octanol–water partition coefficient (Wildman–Crippen LogP) is 2.98. The molecule has 2 atom stereocenters. The van der Waals surface area contributed by atoms with Crippen molar-refractivity contribution in [2.45, 2.75) is 33.6 Å². The van der Waals surface area contributed by atoms with Crippen molar-refractivity contribution in [1.29, 1.82) is 0 Å². The molecule has 2 rings (SSSR count). The van der Waals surface area contributed by atoms with Gasteiger partial charge in [-0.2, -0.15) is 0 Å². The first-order valence-corrected chi connectivity index (χ1v) is 6.03. The molecule has 2 aliphatic rings. The number of nitrogens with zero attached hydrogens (tertiary/aromatic N) is 1. The number of allylic oxidation sites excluding steroid dienone is 2. The van der Waals surface area contributed by atoms with Gasteiger partial charge in [-0.1, -0.05) is 32.4 Å². The number of fused-ring (bicyclic) bond motifs is 1. The molecule has 0 aromatic heterocycles. The lowest BCUT2D eigenvalue weighted by Crippen LogP contribution is -2.27. The highest BCUT2D eigenvalue weighted by Gasteiger charge is 2.40. The van der Waals surface area contributed by atoms with E-state index in [0.717, 1.165) is 25.9 Å². The predicted molar refractivity (Wildman–Crippen MR) is 63.3 cm³/mol. The summed E-state index contributed by atoms with van der Waals surface area (Å²) >= 11 is 0. The molecule has 2 fully saturated rings. The van der Waals surface area contributed by atoms with E-state index in [4.69, 9.17) is 5.11 Å². The zero-order chi connectivity index (χ0) is 11.9. The standard InChI is InChI=1S/C13H21NO2/c1-13(2,3)6-9-4-10-7-14(12(15)16)8-11(10)5-9/h6,10-11H,4-5,7-8H2,1-3H3,(H,15,16)/t10-,11+. The van der Waals surface area contributed by atoms with Crippen molar-refractivity contribution in [3.05, 3.63) is 11.6 Å². The van der Waals surface area contributed by atoms with Crippen LogP contribution in [-0.2, 0) is 0 Å². The van der Waals surface area contributed by atoms with Gasteiger partial charge in [-0.3, -0.25) is 0 Å². The van der Waals surface area contributed by atoms with Gasteiger partial charge in [-0.25, -0.2) is 4.79 Å². The number of carboxylic acid groups (broad SMARTS) is 1. The van der Waals surface area contributed by atoms with Crippen molar-refractivity contribution in [3.63, 3.8) is 0 Å². The van der Waals surface area contributed by atoms with E-state index in [9.17, 15) is 4.79 Å². The average Bonchev–Trinajstić information content (AvgIpc) is 2.56. The molecule has 1 N–H and O–H groups in total. The minimum absolute atomic E-state index is 0.250. The largest absolute Gasteiger partial charge is 0.465 e. The van der Waals surface area contributed by atoms with Crippen LogP contribution in [0.1, 0.15) is 33.6 Å². The van der Waals surface area contributed by atoms with E-state index in [-0.39, 0.29) is 5.41 Å². The second-order valence-electron chi connectivity index (χ2n) is 6.28. The summed E-state index contributed by atoms with van der Waals surface area (Å²) in [5.74, 6) is 1.15. The molecule has 1 heterocycles. The van der Waals surface area contributed by atoms with Crippen molar-refractivity contribution in [2.75, 3.05) is 13.1 Å². The summed E-state index contributed by atoms with van der Waals surface area (Å²) < 4.78 is 0. The van der Waals surface area contributed by atoms with Gasteiger partial charge in [-0.15, -0.1) is 0 Å². The molecule has 0 unspecified atom stereocenters. The topological polar surface area (TPSA) is 40.5 Å². The van der Waals surface area contributed by atoms with Crippen molar-refractivity contribution < 1.29 is 9.90 Å². The maximum Gasteiger partial charge on any atom is 0.407 e. The summed E-state index contributed by atoms with van der Waals surface area (Å²) in [5, 5.41) is 8.93. The SMILES string of the molecule is CC(C)(C)C=C1C[C@@H]2CN(C(=O)O)C[C@@H]2C1. The Bertz CT molecular complexity index is 311. The lowest BCUT2D eigenvalue weighted by Gasteiger charge is -2.16. The van der Waals surface area contributed by atoms with Crippen LogP contribution in [0.5, 0.6) is 0 Å². The summed E-state index contributed by atoms with van der Waals surface area (Å²) in [5.41, 5.74) is 1.79. The third-order valence-corrected chi connectivity index (χ3v) is 3.53. The van der Waals surface area contributed by atoms with E-state index in [1.807, 2.05) is 0 Å². The van der Waals surface area contributed by atoms with Gasteiger partial charge >= 0.3 is 6.09 Å². The molecule has 90 valence electrons. The summed E-state index contributed by atoms with van der Waals surface area (Å²) in [6.45, 7) is 8.13. The van der Waals surface area contributed by atoms with Crippen molar-refractivity contribution >= 4 is 6.09 Å². The van der Waals surface area contributed by atoms with Gasteiger partial charge in [-0.05, 0) is 30.1 Å². The molecule has 1 saturated carbocycles. The second kappa shape index (κ2) is 3.79. The van der Waals surface area contributed by atoms with Gasteiger partial charge in [0.2, 0.25) is 0 Å². The van der Waals surface area contributed by atoms with E-state index < -0.39 is 6.09 Å². The summed E-state index contributed by atoms with van der Waals surface area (Å²) in [4.78, 5) is 12.4. The molecule has 0 aromatic rings. The zero-order valence-corrected chi connectivity index (χ0v) is 10.4. The number of rotatable bonds is 0. The van der Waals surface area contributed by atoms with E-state index in [0.29, 0.717) is 11.8 Å². The van der Waals surface area contributed by atoms with Crippen LogP contribution >= 0.6 is 0 Å². The highest BCUT2D eigenvalue weighted by atomic mass is 16.4. The fourth-order valence-electron chi connectivity index (χ4n) is 3.04. The van der Waals surface area contributed by atoms with E-state index in [2.05, 4.69) is 26.8 Å². The molecule has 0 radical (unpaired) electrons. The molecule has 1 saturated heterocycles. The fourth-order valence-corrected chi connectivity index (χ4v) is 3.04. The van der Waals surface area contributed by atoms with Crippen molar-refractivity contribution in [2.24, 2.45) is 17.3 Å². The molecule has 0 bridgehead atoms. The number of hydrogen-bond acceptors (Lipinski definition) is 1. The number of likely N-dealkylation sites (tertiary alicyclic amines) is 1. The fraction of sp³-hybridized carbons (Fsp3) is 0.769. The molecule has 1 aliphatic carbocycles. The van der Waals surface area contributed by atoms with Crippen LogP contribution < -0.4 is 0 Å². The lowest BCUT2D eigenvalue weighted by atomic mass is 9.92. The van der Waals surface area contributed by atoms with Crippen LogP contribution in [-0.4, -0.2) is 29.2 Å². The van der Waals surface area contributed by atoms with E-state index >= 15 is 0 Å². The Balaban J connectivity index is 1.99. The lowest BCUT2D eigenvalue weighted by molar-refractivity contribution is 0.152. The van der Waals surface area contributed by atoms with E-state index in [1.165, 1.54) is 5.57 Å². The summed E-state index contributed by atoms with van der Waals surface area (Å²) in [6.07, 6.45) is 3.82. The molecule has 0 spiro atoms. The average molecular weight is 223 g/mol. The Morgan fingerprint density at radius 1 is 1.31 bits per heavy atom. The van der Waals surface area contributed by atoms with Gasteiger partial charge < -0.3 is 10.0 Å². The highest BCUT2D eigenvalue weighted by Crippen LogP contribution is 2.42. The maximum atomic E-state index is 10.9. The minimum Gasteiger partial charge on any atom is -0.465 e. The van der Waals surface area contributed by atoms with Crippen LogP contribution in [0.4, 0.5) is 4.79 Å². The number of hydrogen-bond donors (Lipinski definition) is 1. The van der Waals surface area contributed by atoms with Gasteiger partial charge in [0.15, 0.2) is 0 Å². The second-order valence-corrected chi connectivity index (χ2v) is 6.28. The first kappa shape index (κ1) is 11.5. The van der Waals surface area contributed by atoms with Crippen LogP contribution in [0.2, 0.25) is 0 Å². The van der Waals surface area contributed by atoms with Crippen LogP contribution in [0.3, 0.4) is 0 Å². The number of amides is 1. The summed E-state index contributed by atoms with van der Waals surface area (Å²) in [6, 6.07) is 0. The van der Waals surface area contributed by atoms with Crippen LogP contribution in [0.15, 0.2) is 11.6 Å². The van der Waals surface area contributed by atoms with Crippen molar-refractivity contribution in [1.82, 2.24) is 4.90 Å². The zero-order valence-electron chi connectivity index (χ0n) is 10.4. The molecule has 16 heavy (non-hydrogen) atoms. The van der Waals surface area contributed by atoms with Gasteiger partial charge in [0.1, 0.15) is 0 Å². The summed E-state index contributed by atoms with van der Waals surface area (Å²) in [7, 11) is 0. The Labute approximate surface area is 97.1 Å². The number of carbonyl (C=O) groups is 1. The Morgan fingerprint density at radius 2 is 1.81 bits per heavy atom. The maximum absolute atomic E-state index is 10.9. The quantitative estimate of drug-likeness (QED) is 0.641. The van der Waals surface area contributed by atoms with Gasteiger partial charge in [0, 0.05) is 13.1 Å². The van der Waals surface area contributed by atoms with Crippen LogP contribution in [0, 0.1) is 17.3 Å². The third kappa shape index (κ3) is 2.39. The molecule has 1 aliphatic heterocycles. The first-order chi connectivity index (χ1) is 7.35. The molecular formula is C13H21NO2. The van der Waals surface area contributed by atoms with Gasteiger partial charge in [0.25, 0.3) is 0 Å². The Hall–Kier alpha value is -0.990. The monoisotopic (exact) mass is 223 g/mol. The molecule has 3 heteroatoms. The minimum atomic E-state index is -0.754. The van der Waals surface area contributed by atoms with Crippen molar-refractivity contribution in [3.8, 4) is 0 Å². The Morgan fingerprint density at radius 3 is 2.19 bits per heavy atom. The Kier molecular flexibility index (Phi) is 2.72. The molecular weight excluding hydrogens is 202 g/mol. The molecule has 1 amide bonds. The van der Waals surface area contributed by atoms with E-state index in [1.54, 1.807) is 4.90 Å². The first-order valence-electron chi connectivity index (χ1n) is 6.03. The molecule has 0 aromatic carbocycles. The van der Waals surface area contributed by atoms with Crippen LogP contribution in [0.25, 0.3) is 0 Å². The van der Waals surface area contributed by atoms with Gasteiger partial charge in [0.05, 0.1) is 0 Å².